The zero-order valence-corrected chi connectivity index (χ0v) is 10.3. The van der Waals surface area contributed by atoms with Crippen LogP contribution < -0.4 is 11.1 Å². The van der Waals surface area contributed by atoms with Gasteiger partial charge >= 0.3 is 0 Å². The number of hydrogen-bond donors (Lipinski definition) is 2. The Morgan fingerprint density at radius 1 is 1.79 bits per heavy atom. The normalized spacial score (nSPS) is 12.7. The van der Waals surface area contributed by atoms with Gasteiger partial charge in [0.15, 0.2) is 0 Å². The molecule has 1 atom stereocenters. The summed E-state index contributed by atoms with van der Waals surface area (Å²) in [7, 11) is 0. The minimum atomic E-state index is -0.292. The molecule has 1 aromatic rings. The Labute approximate surface area is 95.8 Å². The Bertz CT molecular complexity index is 314. The van der Waals surface area contributed by atoms with Gasteiger partial charge in [0.05, 0.1) is 6.04 Å². The second-order valence-electron chi connectivity index (χ2n) is 2.94. The Hall–Kier alpha value is -0.390. The number of thiophene rings is 1. The molecule has 78 valence electrons. The summed E-state index contributed by atoms with van der Waals surface area (Å²) in [6.07, 6.45) is 0.721. The summed E-state index contributed by atoms with van der Waals surface area (Å²) in [6.45, 7) is 2.62. The molecule has 0 bridgehead atoms. The molecular weight excluding hydrogens is 264 g/mol. The highest BCUT2D eigenvalue weighted by molar-refractivity contribution is 9.10. The van der Waals surface area contributed by atoms with E-state index < -0.39 is 0 Å². The van der Waals surface area contributed by atoms with Crippen molar-refractivity contribution in [2.45, 2.75) is 25.9 Å². The third-order valence-electron chi connectivity index (χ3n) is 1.95. The van der Waals surface area contributed by atoms with Crippen molar-refractivity contribution >= 4 is 33.2 Å². The van der Waals surface area contributed by atoms with Crippen molar-refractivity contribution in [3.05, 3.63) is 20.8 Å². The average Bonchev–Trinajstić information content (AvgIpc) is 2.52. The highest BCUT2D eigenvalue weighted by Crippen LogP contribution is 2.22. The number of nitrogens with two attached hydrogens (primary N) is 1. The summed E-state index contributed by atoms with van der Waals surface area (Å²) in [5.41, 5.74) is 5.21. The molecule has 1 rings (SSSR count). The van der Waals surface area contributed by atoms with E-state index in [9.17, 15) is 4.79 Å². The van der Waals surface area contributed by atoms with Crippen molar-refractivity contribution in [1.82, 2.24) is 5.32 Å². The lowest BCUT2D eigenvalue weighted by atomic mass is 10.2. The zero-order valence-electron chi connectivity index (χ0n) is 7.92. The first-order valence-corrected chi connectivity index (χ1v) is 6.07. The summed E-state index contributed by atoms with van der Waals surface area (Å²) < 4.78 is 1.08. The summed E-state index contributed by atoms with van der Waals surface area (Å²) in [5, 5.41) is 5.12. The fraction of sp³-hybridized carbons (Fsp3) is 0.444. The molecule has 1 heterocycles. The number of carbonyl (C=O) groups excluding carboxylic acids is 1. The van der Waals surface area contributed by atoms with Crippen molar-refractivity contribution in [2.24, 2.45) is 5.73 Å². The van der Waals surface area contributed by atoms with Crippen molar-refractivity contribution in [3.8, 4) is 0 Å². The number of rotatable bonds is 5. The first kappa shape index (κ1) is 11.7. The Morgan fingerprint density at radius 2 is 2.50 bits per heavy atom. The van der Waals surface area contributed by atoms with Gasteiger partial charge < -0.3 is 11.1 Å². The van der Waals surface area contributed by atoms with Crippen LogP contribution in [0.3, 0.4) is 0 Å². The van der Waals surface area contributed by atoms with Crippen LogP contribution in [0.2, 0.25) is 0 Å². The predicted molar refractivity (Wildman–Crippen MR) is 62.1 cm³/mol. The lowest BCUT2D eigenvalue weighted by Crippen LogP contribution is -2.40. The summed E-state index contributed by atoms with van der Waals surface area (Å²) in [6, 6.07) is 1.76. The van der Waals surface area contributed by atoms with E-state index in [1.54, 1.807) is 11.3 Å². The molecule has 14 heavy (non-hydrogen) atoms. The fourth-order valence-corrected chi connectivity index (χ4v) is 2.56. The molecule has 0 spiro atoms. The first-order valence-electron chi connectivity index (χ1n) is 4.39. The van der Waals surface area contributed by atoms with E-state index in [-0.39, 0.29) is 11.9 Å². The highest BCUT2D eigenvalue weighted by atomic mass is 79.9. The SMILES string of the molecule is CCC(NCc1sccc1Br)C(N)=O. The Morgan fingerprint density at radius 3 is 2.93 bits per heavy atom. The van der Waals surface area contributed by atoms with Gasteiger partial charge in [-0.2, -0.15) is 0 Å². The van der Waals surface area contributed by atoms with Crippen molar-refractivity contribution in [1.29, 1.82) is 0 Å². The van der Waals surface area contributed by atoms with E-state index in [1.165, 1.54) is 4.88 Å². The molecule has 0 saturated carbocycles. The number of hydrogen-bond acceptors (Lipinski definition) is 3. The van der Waals surface area contributed by atoms with Crippen LogP contribution in [-0.2, 0) is 11.3 Å². The maximum absolute atomic E-state index is 10.9. The van der Waals surface area contributed by atoms with Crippen LogP contribution in [0.1, 0.15) is 18.2 Å². The van der Waals surface area contributed by atoms with E-state index in [0.717, 1.165) is 10.9 Å². The number of amides is 1. The predicted octanol–water partition coefficient (Wildman–Crippen LogP) is 1.86. The van der Waals surface area contributed by atoms with Gasteiger partial charge in [-0.25, -0.2) is 0 Å². The quantitative estimate of drug-likeness (QED) is 0.863. The molecular formula is C9H13BrN2OS. The molecule has 0 aliphatic carbocycles. The van der Waals surface area contributed by atoms with Gasteiger partial charge in [-0.1, -0.05) is 6.92 Å². The molecule has 5 heteroatoms. The fourth-order valence-electron chi connectivity index (χ4n) is 1.11. The second-order valence-corrected chi connectivity index (χ2v) is 4.79. The third-order valence-corrected chi connectivity index (χ3v) is 3.88. The van der Waals surface area contributed by atoms with Crippen LogP contribution >= 0.6 is 27.3 Å². The smallest absolute Gasteiger partial charge is 0.234 e. The van der Waals surface area contributed by atoms with Gasteiger partial charge in [0, 0.05) is 15.9 Å². The van der Waals surface area contributed by atoms with E-state index in [0.29, 0.717) is 6.54 Å². The zero-order chi connectivity index (χ0) is 10.6. The highest BCUT2D eigenvalue weighted by Gasteiger charge is 2.12. The van der Waals surface area contributed by atoms with E-state index in [4.69, 9.17) is 5.73 Å². The lowest BCUT2D eigenvalue weighted by Gasteiger charge is -2.12. The van der Waals surface area contributed by atoms with Crippen LogP contribution in [0.15, 0.2) is 15.9 Å². The van der Waals surface area contributed by atoms with Gasteiger partial charge in [-0.05, 0) is 33.8 Å². The summed E-state index contributed by atoms with van der Waals surface area (Å²) in [4.78, 5) is 12.1. The molecule has 0 radical (unpaired) electrons. The van der Waals surface area contributed by atoms with Crippen molar-refractivity contribution in [2.75, 3.05) is 0 Å². The number of nitrogens with one attached hydrogen (secondary N) is 1. The van der Waals surface area contributed by atoms with Gasteiger partial charge in [0.25, 0.3) is 0 Å². The monoisotopic (exact) mass is 276 g/mol. The molecule has 1 unspecified atom stereocenters. The molecule has 3 N–H and O–H groups in total. The molecule has 1 amide bonds. The Balaban J connectivity index is 2.47. The molecule has 3 nitrogen and oxygen atoms in total. The summed E-state index contributed by atoms with van der Waals surface area (Å²) >= 11 is 5.08. The minimum absolute atomic E-state index is 0.232. The first-order chi connectivity index (χ1) is 6.65. The summed E-state index contributed by atoms with van der Waals surface area (Å²) in [5.74, 6) is -0.292. The largest absolute Gasteiger partial charge is 0.368 e. The maximum atomic E-state index is 10.9. The molecule has 1 aromatic heterocycles. The second kappa shape index (κ2) is 5.48. The number of carbonyl (C=O) groups is 1. The van der Waals surface area contributed by atoms with Gasteiger partial charge in [0.1, 0.15) is 0 Å². The molecule has 0 aliphatic rings. The van der Waals surface area contributed by atoms with Crippen molar-refractivity contribution < 1.29 is 4.79 Å². The Kier molecular flexibility index (Phi) is 4.57. The number of primary amides is 1. The van der Waals surface area contributed by atoms with Crippen LogP contribution in [0.5, 0.6) is 0 Å². The van der Waals surface area contributed by atoms with E-state index in [1.807, 2.05) is 18.4 Å². The van der Waals surface area contributed by atoms with E-state index >= 15 is 0 Å². The van der Waals surface area contributed by atoms with E-state index in [2.05, 4.69) is 21.2 Å². The topological polar surface area (TPSA) is 55.1 Å². The van der Waals surface area contributed by atoms with Crippen LogP contribution in [0.4, 0.5) is 0 Å². The number of halogens is 1. The van der Waals surface area contributed by atoms with Crippen LogP contribution in [-0.4, -0.2) is 11.9 Å². The van der Waals surface area contributed by atoms with Gasteiger partial charge in [-0.15, -0.1) is 11.3 Å². The average molecular weight is 277 g/mol. The third kappa shape index (κ3) is 3.08. The molecule has 0 aliphatic heterocycles. The van der Waals surface area contributed by atoms with Crippen molar-refractivity contribution in [3.63, 3.8) is 0 Å². The van der Waals surface area contributed by atoms with Gasteiger partial charge in [-0.3, -0.25) is 4.79 Å². The standard InChI is InChI=1S/C9H13BrN2OS/c1-2-7(9(11)13)12-5-8-6(10)3-4-14-8/h3-4,7,12H,2,5H2,1H3,(H2,11,13). The van der Waals surface area contributed by atoms with Crippen LogP contribution in [0.25, 0.3) is 0 Å². The molecule has 0 saturated heterocycles. The molecule has 0 fully saturated rings. The van der Waals surface area contributed by atoms with Gasteiger partial charge in [0.2, 0.25) is 5.91 Å². The van der Waals surface area contributed by atoms with Crippen LogP contribution in [0, 0.1) is 0 Å². The molecule has 0 aromatic carbocycles. The lowest BCUT2D eigenvalue weighted by molar-refractivity contribution is -0.120. The maximum Gasteiger partial charge on any atom is 0.234 e. The minimum Gasteiger partial charge on any atom is -0.368 e.